The van der Waals surface area contributed by atoms with Crippen molar-refractivity contribution < 1.29 is 4.74 Å². The van der Waals surface area contributed by atoms with Crippen molar-refractivity contribution in [1.82, 2.24) is 0 Å². The van der Waals surface area contributed by atoms with Crippen molar-refractivity contribution in [3.8, 4) is 0 Å². The van der Waals surface area contributed by atoms with Crippen molar-refractivity contribution in [2.45, 2.75) is 19.6 Å². The fourth-order valence-corrected chi connectivity index (χ4v) is 5.98. The first-order chi connectivity index (χ1) is 13.8. The van der Waals surface area contributed by atoms with E-state index in [4.69, 9.17) is 4.74 Å². The minimum Gasteiger partial charge on any atom is -0.373 e. The Hall–Kier alpha value is -1.95. The molecule has 28 heavy (non-hydrogen) atoms. The van der Waals surface area contributed by atoms with E-state index in [9.17, 15) is 0 Å². The molecule has 2 heteroatoms. The Labute approximate surface area is 170 Å². The maximum atomic E-state index is 6.25. The molecular formula is C26H24OP. The molecular weight excluding hydrogens is 359 g/mol. The summed E-state index contributed by atoms with van der Waals surface area (Å²) >= 11 is 0. The molecule has 0 N–H and O–H groups in total. The van der Waals surface area contributed by atoms with Crippen LogP contribution in [0.2, 0.25) is 0 Å². The van der Waals surface area contributed by atoms with Crippen LogP contribution >= 0.6 is 7.92 Å². The zero-order valence-electron chi connectivity index (χ0n) is 16.0. The quantitative estimate of drug-likeness (QED) is 0.493. The molecule has 1 aliphatic rings. The number of ether oxygens (including phenoxy) is 1. The van der Waals surface area contributed by atoms with Crippen LogP contribution in [0.5, 0.6) is 0 Å². The van der Waals surface area contributed by atoms with Crippen LogP contribution in [-0.2, 0) is 11.3 Å². The minimum absolute atomic E-state index is 0.0441. The highest BCUT2D eigenvalue weighted by Crippen LogP contribution is 2.57. The van der Waals surface area contributed by atoms with E-state index in [0.29, 0.717) is 6.61 Å². The van der Waals surface area contributed by atoms with Gasteiger partial charge >= 0.3 is 0 Å². The second-order valence-corrected chi connectivity index (χ2v) is 9.00. The molecule has 0 heterocycles. The molecule has 1 nitrogen and oxygen atoms in total. The van der Waals surface area contributed by atoms with E-state index >= 15 is 0 Å². The Bertz CT molecular complexity index is 795. The average Bonchev–Trinajstić information content (AvgIpc) is 3.24. The van der Waals surface area contributed by atoms with E-state index < -0.39 is 7.92 Å². The predicted molar refractivity (Wildman–Crippen MR) is 119 cm³/mol. The van der Waals surface area contributed by atoms with Crippen LogP contribution in [0.4, 0.5) is 0 Å². The Morgan fingerprint density at radius 1 is 0.714 bits per heavy atom. The lowest BCUT2D eigenvalue weighted by Crippen LogP contribution is -2.25. The van der Waals surface area contributed by atoms with Gasteiger partial charge in [-0.05, 0) is 50.3 Å². The molecule has 1 atom stereocenters. The summed E-state index contributed by atoms with van der Waals surface area (Å²) in [6, 6.07) is 32.0. The lowest BCUT2D eigenvalue weighted by molar-refractivity contribution is 0.0668. The van der Waals surface area contributed by atoms with Gasteiger partial charge in [-0.25, -0.2) is 0 Å². The van der Waals surface area contributed by atoms with Crippen molar-refractivity contribution in [2.75, 3.05) is 0 Å². The fraction of sp³-hybridized carbons (Fsp3) is 0.115. The molecule has 1 aliphatic carbocycles. The van der Waals surface area contributed by atoms with Gasteiger partial charge in [0.1, 0.15) is 0 Å². The summed E-state index contributed by atoms with van der Waals surface area (Å²) in [4.78, 5) is 0. The van der Waals surface area contributed by atoms with E-state index in [2.05, 4.69) is 111 Å². The van der Waals surface area contributed by atoms with E-state index in [1.807, 2.05) is 6.07 Å². The normalized spacial score (nSPS) is 16.5. The van der Waals surface area contributed by atoms with Crippen molar-refractivity contribution in [2.24, 2.45) is 0 Å². The lowest BCUT2D eigenvalue weighted by atomic mass is 10.0. The van der Waals surface area contributed by atoms with Gasteiger partial charge in [-0.15, -0.1) is 0 Å². The lowest BCUT2D eigenvalue weighted by Gasteiger charge is -2.32. The highest BCUT2D eigenvalue weighted by molar-refractivity contribution is 7.76. The van der Waals surface area contributed by atoms with Gasteiger partial charge < -0.3 is 4.74 Å². The van der Waals surface area contributed by atoms with Gasteiger partial charge in [0, 0.05) is 11.6 Å². The standard InChI is InChI=1S/C26H24OP/c1-21(27-20-22-12-5-2-6-13-22)25-18-11-19-26(25)28(23-14-7-3-8-15-23)24-16-9-4-10-17-24/h2-19,21H,20H2,1H3/t21-/m0/s1. The van der Waals surface area contributed by atoms with Crippen LogP contribution in [-0.4, -0.2) is 6.10 Å². The van der Waals surface area contributed by atoms with Gasteiger partial charge in [-0.3, -0.25) is 0 Å². The van der Waals surface area contributed by atoms with Gasteiger partial charge in [0.2, 0.25) is 0 Å². The summed E-state index contributed by atoms with van der Waals surface area (Å²) in [5.41, 5.74) is 2.59. The first-order valence-corrected chi connectivity index (χ1v) is 11.0. The Balaban J connectivity index is 1.55. The third-order valence-corrected chi connectivity index (χ3v) is 7.39. The molecule has 0 saturated heterocycles. The number of hydrogen-bond acceptors (Lipinski definition) is 1. The minimum atomic E-state index is -0.607. The highest BCUT2D eigenvalue weighted by atomic mass is 31.1. The number of rotatable bonds is 7. The first-order valence-electron chi connectivity index (χ1n) is 9.64. The third kappa shape index (κ3) is 4.54. The zero-order valence-corrected chi connectivity index (χ0v) is 16.9. The molecule has 0 unspecified atom stereocenters. The Morgan fingerprint density at radius 2 is 1.25 bits per heavy atom. The number of benzene rings is 3. The molecule has 5 radical (unpaired) electrons. The predicted octanol–water partition coefficient (Wildman–Crippen LogP) is 5.46. The molecule has 1 fully saturated rings. The molecule has 0 spiro atoms. The smallest absolute Gasteiger partial charge is 0.0720 e. The molecule has 0 aliphatic heterocycles. The van der Waals surface area contributed by atoms with Crippen LogP contribution < -0.4 is 10.6 Å². The van der Waals surface area contributed by atoms with Crippen molar-refractivity contribution >= 4 is 18.5 Å². The molecule has 139 valence electrons. The average molecular weight is 383 g/mol. The SMILES string of the molecule is C[C@H](OCc1ccccc1)[C]1[CH][CH][CH][C]1P(c1ccccc1)c1ccccc1. The third-order valence-electron chi connectivity index (χ3n) is 4.88. The van der Waals surface area contributed by atoms with Crippen LogP contribution in [0.25, 0.3) is 0 Å². The second-order valence-electron chi connectivity index (χ2n) is 6.81. The highest BCUT2D eigenvalue weighted by Gasteiger charge is 2.40. The molecule has 0 aromatic heterocycles. The zero-order chi connectivity index (χ0) is 19.2. The van der Waals surface area contributed by atoms with Crippen LogP contribution in [0, 0.1) is 30.8 Å². The summed E-state index contributed by atoms with van der Waals surface area (Å²) < 4.78 is 6.25. The van der Waals surface area contributed by atoms with Crippen LogP contribution in [0.15, 0.2) is 91.0 Å². The molecule has 0 amide bonds. The number of hydrogen-bond donors (Lipinski definition) is 0. The Kier molecular flexibility index (Phi) is 6.57. The fourth-order valence-electron chi connectivity index (χ4n) is 3.44. The summed E-state index contributed by atoms with van der Waals surface area (Å²) in [6.07, 6.45) is 6.69. The van der Waals surface area contributed by atoms with Gasteiger partial charge in [0.15, 0.2) is 0 Å². The summed E-state index contributed by atoms with van der Waals surface area (Å²) in [5.74, 6) is 1.29. The maximum absolute atomic E-state index is 6.25. The summed E-state index contributed by atoms with van der Waals surface area (Å²) in [6.45, 7) is 2.78. The molecule has 4 rings (SSSR count). The second kappa shape index (κ2) is 9.50. The van der Waals surface area contributed by atoms with E-state index in [-0.39, 0.29) is 6.10 Å². The van der Waals surface area contributed by atoms with E-state index in [0.717, 1.165) is 0 Å². The van der Waals surface area contributed by atoms with Gasteiger partial charge in [-0.1, -0.05) is 91.0 Å². The topological polar surface area (TPSA) is 9.23 Å². The Morgan fingerprint density at radius 3 is 1.82 bits per heavy atom. The monoisotopic (exact) mass is 383 g/mol. The summed E-state index contributed by atoms with van der Waals surface area (Å²) in [5, 5.41) is 2.73. The van der Waals surface area contributed by atoms with Gasteiger partial charge in [0.25, 0.3) is 0 Å². The van der Waals surface area contributed by atoms with E-state index in [1.54, 1.807) is 0 Å². The summed E-state index contributed by atoms with van der Waals surface area (Å²) in [7, 11) is -0.607. The molecule has 1 saturated carbocycles. The molecule has 3 aromatic rings. The van der Waals surface area contributed by atoms with Crippen molar-refractivity contribution in [3.63, 3.8) is 0 Å². The largest absolute Gasteiger partial charge is 0.373 e. The molecule has 3 aromatic carbocycles. The van der Waals surface area contributed by atoms with Gasteiger partial charge in [-0.2, -0.15) is 0 Å². The van der Waals surface area contributed by atoms with Crippen LogP contribution in [0.1, 0.15) is 12.5 Å². The van der Waals surface area contributed by atoms with Gasteiger partial charge in [0.05, 0.1) is 12.7 Å². The maximum Gasteiger partial charge on any atom is 0.0720 e. The van der Waals surface area contributed by atoms with Crippen molar-refractivity contribution in [3.05, 3.63) is 127 Å². The first kappa shape index (κ1) is 19.4. The molecule has 0 bridgehead atoms. The van der Waals surface area contributed by atoms with Crippen LogP contribution in [0.3, 0.4) is 0 Å². The van der Waals surface area contributed by atoms with Crippen molar-refractivity contribution in [1.29, 1.82) is 0 Å². The van der Waals surface area contributed by atoms with E-state index in [1.165, 1.54) is 27.7 Å².